The van der Waals surface area contributed by atoms with Crippen molar-refractivity contribution in [1.82, 2.24) is 19.6 Å². The predicted molar refractivity (Wildman–Crippen MR) is 58.6 cm³/mol. The lowest BCUT2D eigenvalue weighted by atomic mass is 10.5. The first kappa shape index (κ1) is 13.2. The lowest BCUT2D eigenvalue weighted by molar-refractivity contribution is -0.384. The molecular weight excluding hydrogens is 288 g/mol. The molecule has 0 unspecified atom stereocenters. The number of nitro groups is 1. The van der Waals surface area contributed by atoms with Gasteiger partial charge in [-0.05, 0) is 0 Å². The van der Waals surface area contributed by atoms with Crippen LogP contribution in [0.4, 0.5) is 14.5 Å². The number of alkyl halides is 2. The Balaban J connectivity index is 2.42. The highest BCUT2D eigenvalue weighted by Gasteiger charge is 2.22. The summed E-state index contributed by atoms with van der Waals surface area (Å²) in [6.07, 6.45) is 2.04. The molecule has 0 aliphatic heterocycles. The van der Waals surface area contributed by atoms with E-state index in [1.165, 1.54) is 7.05 Å². The topological polar surface area (TPSA) is 88.0 Å². The van der Waals surface area contributed by atoms with Crippen LogP contribution in [0.15, 0.2) is 12.4 Å². The highest BCUT2D eigenvalue weighted by atomic mass is 35.5. The molecule has 2 rings (SSSR count). The van der Waals surface area contributed by atoms with Crippen molar-refractivity contribution in [2.75, 3.05) is 0 Å². The van der Waals surface area contributed by atoms with Crippen molar-refractivity contribution in [2.45, 2.75) is 6.61 Å². The lowest BCUT2D eigenvalue weighted by Crippen LogP contribution is -2.06. The standard InChI is InChI=1S/C8H6ClF2N5O3/c1-14-7(19-8(10)11)5(9)6(13-14)15-3-4(2-12-15)16(17)18/h2-3,8H,1H3. The van der Waals surface area contributed by atoms with E-state index in [0.29, 0.717) is 0 Å². The van der Waals surface area contributed by atoms with Gasteiger partial charge in [0.1, 0.15) is 17.4 Å². The summed E-state index contributed by atoms with van der Waals surface area (Å²) in [6.45, 7) is -3.06. The van der Waals surface area contributed by atoms with Crippen molar-refractivity contribution in [2.24, 2.45) is 7.05 Å². The Kier molecular flexibility index (Phi) is 3.34. The molecule has 0 aliphatic rings. The van der Waals surface area contributed by atoms with Crippen molar-refractivity contribution in [1.29, 1.82) is 0 Å². The number of nitrogens with zero attached hydrogens (tertiary/aromatic N) is 5. The van der Waals surface area contributed by atoms with E-state index in [1.54, 1.807) is 0 Å². The molecule has 0 spiro atoms. The van der Waals surface area contributed by atoms with Crippen molar-refractivity contribution < 1.29 is 18.4 Å². The predicted octanol–water partition coefficient (Wildman–Crippen LogP) is 1.77. The molecule has 0 saturated heterocycles. The van der Waals surface area contributed by atoms with Crippen molar-refractivity contribution in [3.05, 3.63) is 27.5 Å². The van der Waals surface area contributed by atoms with Crippen molar-refractivity contribution >= 4 is 17.3 Å². The summed E-state index contributed by atoms with van der Waals surface area (Å²) in [4.78, 5) is 9.86. The van der Waals surface area contributed by atoms with Crippen LogP contribution in [0.1, 0.15) is 0 Å². The fraction of sp³-hybridized carbons (Fsp3) is 0.250. The minimum absolute atomic E-state index is 0.0482. The second-order valence-corrected chi connectivity index (χ2v) is 3.72. The Bertz CT molecular complexity index is 626. The van der Waals surface area contributed by atoms with Gasteiger partial charge in [0.2, 0.25) is 5.88 Å². The highest BCUT2D eigenvalue weighted by Crippen LogP contribution is 2.31. The molecule has 0 radical (unpaired) electrons. The molecule has 11 heteroatoms. The van der Waals surface area contributed by atoms with Crippen LogP contribution in [0.5, 0.6) is 5.88 Å². The fourth-order valence-electron chi connectivity index (χ4n) is 1.35. The molecule has 0 aliphatic carbocycles. The van der Waals surface area contributed by atoms with Gasteiger partial charge in [-0.3, -0.25) is 10.1 Å². The second kappa shape index (κ2) is 4.80. The monoisotopic (exact) mass is 293 g/mol. The van der Waals surface area contributed by atoms with E-state index in [9.17, 15) is 18.9 Å². The molecule has 0 bridgehead atoms. The van der Waals surface area contributed by atoms with E-state index in [1.807, 2.05) is 0 Å². The maximum Gasteiger partial charge on any atom is 0.388 e. The summed E-state index contributed by atoms with van der Waals surface area (Å²) in [7, 11) is 1.34. The van der Waals surface area contributed by atoms with Crippen LogP contribution in [0.25, 0.3) is 5.82 Å². The number of hydrogen-bond donors (Lipinski definition) is 0. The first-order valence-electron chi connectivity index (χ1n) is 4.77. The summed E-state index contributed by atoms with van der Waals surface area (Å²) in [5.41, 5.74) is -0.280. The van der Waals surface area contributed by atoms with Gasteiger partial charge in [0, 0.05) is 7.05 Å². The zero-order valence-corrected chi connectivity index (χ0v) is 10.1. The first-order chi connectivity index (χ1) is 8.90. The van der Waals surface area contributed by atoms with Crippen LogP contribution in [0.3, 0.4) is 0 Å². The Morgan fingerprint density at radius 1 is 1.58 bits per heavy atom. The van der Waals surface area contributed by atoms with Gasteiger partial charge < -0.3 is 4.74 Å². The molecule has 0 fully saturated rings. The van der Waals surface area contributed by atoms with Crippen LogP contribution in [0.2, 0.25) is 5.02 Å². The van der Waals surface area contributed by atoms with E-state index in [4.69, 9.17) is 11.6 Å². The third kappa shape index (κ3) is 2.47. The number of aryl methyl sites for hydroxylation is 1. The Hall–Kier alpha value is -2.23. The lowest BCUT2D eigenvalue weighted by Gasteiger charge is -2.03. The zero-order chi connectivity index (χ0) is 14.2. The smallest absolute Gasteiger partial charge is 0.388 e. The van der Waals surface area contributed by atoms with E-state index in [2.05, 4.69) is 14.9 Å². The summed E-state index contributed by atoms with van der Waals surface area (Å²) >= 11 is 5.82. The van der Waals surface area contributed by atoms with E-state index in [-0.39, 0.29) is 22.4 Å². The third-order valence-electron chi connectivity index (χ3n) is 2.12. The summed E-state index contributed by atoms with van der Waals surface area (Å²) < 4.78 is 30.5. The van der Waals surface area contributed by atoms with Gasteiger partial charge in [-0.1, -0.05) is 11.6 Å². The normalized spacial score (nSPS) is 11.0. The van der Waals surface area contributed by atoms with Crippen LogP contribution < -0.4 is 4.74 Å². The number of halogens is 3. The van der Waals surface area contributed by atoms with Gasteiger partial charge in [-0.15, -0.1) is 5.10 Å². The summed E-state index contributed by atoms with van der Waals surface area (Å²) in [5, 5.41) is 17.8. The molecule has 2 aromatic rings. The minimum atomic E-state index is -3.06. The molecule has 2 heterocycles. The maximum absolute atomic E-state index is 12.2. The zero-order valence-electron chi connectivity index (χ0n) is 9.33. The second-order valence-electron chi connectivity index (χ2n) is 3.35. The van der Waals surface area contributed by atoms with E-state index in [0.717, 1.165) is 21.8 Å². The van der Waals surface area contributed by atoms with Gasteiger partial charge >= 0.3 is 12.3 Å². The van der Waals surface area contributed by atoms with Gasteiger partial charge in [0.15, 0.2) is 5.82 Å². The molecule has 0 saturated carbocycles. The average molecular weight is 294 g/mol. The molecule has 0 amide bonds. The number of rotatable bonds is 4. The van der Waals surface area contributed by atoms with Crippen LogP contribution in [-0.4, -0.2) is 31.1 Å². The molecule has 8 nitrogen and oxygen atoms in total. The largest absolute Gasteiger partial charge is 0.415 e. The molecular formula is C8H6ClF2N5O3. The van der Waals surface area contributed by atoms with Crippen molar-refractivity contribution in [3.63, 3.8) is 0 Å². The van der Waals surface area contributed by atoms with Crippen LogP contribution in [0, 0.1) is 10.1 Å². The maximum atomic E-state index is 12.2. The van der Waals surface area contributed by atoms with Gasteiger partial charge in [-0.2, -0.15) is 13.9 Å². The SMILES string of the molecule is Cn1nc(-n2cc([N+](=O)[O-])cn2)c(Cl)c1OC(F)F. The first-order valence-corrected chi connectivity index (χ1v) is 5.14. The molecule has 19 heavy (non-hydrogen) atoms. The van der Waals surface area contributed by atoms with Gasteiger partial charge in [0.25, 0.3) is 0 Å². The Morgan fingerprint density at radius 2 is 2.26 bits per heavy atom. The summed E-state index contributed by atoms with van der Waals surface area (Å²) in [6, 6.07) is 0. The van der Waals surface area contributed by atoms with E-state index < -0.39 is 11.5 Å². The molecule has 2 aromatic heterocycles. The minimum Gasteiger partial charge on any atom is -0.415 e. The van der Waals surface area contributed by atoms with Gasteiger partial charge in [0.05, 0.1) is 4.92 Å². The van der Waals surface area contributed by atoms with Gasteiger partial charge in [-0.25, -0.2) is 9.36 Å². The number of hydrogen-bond acceptors (Lipinski definition) is 5. The molecule has 0 aromatic carbocycles. The number of aromatic nitrogens is 4. The average Bonchev–Trinajstić information content (AvgIpc) is 2.89. The molecule has 0 N–H and O–H groups in total. The van der Waals surface area contributed by atoms with Crippen LogP contribution in [-0.2, 0) is 7.05 Å². The Labute approximate surface area is 109 Å². The summed E-state index contributed by atoms with van der Waals surface area (Å²) in [5.74, 6) is -0.405. The van der Waals surface area contributed by atoms with Crippen LogP contribution >= 0.6 is 11.6 Å². The van der Waals surface area contributed by atoms with Crippen molar-refractivity contribution in [3.8, 4) is 11.7 Å². The Morgan fingerprint density at radius 3 is 2.79 bits per heavy atom. The quantitative estimate of drug-likeness (QED) is 0.633. The third-order valence-corrected chi connectivity index (χ3v) is 2.45. The molecule has 102 valence electrons. The highest BCUT2D eigenvalue weighted by molar-refractivity contribution is 6.33. The van der Waals surface area contributed by atoms with E-state index >= 15 is 0 Å². The molecule has 0 atom stereocenters. The fourth-order valence-corrected chi connectivity index (χ4v) is 1.64. The number of ether oxygens (including phenoxy) is 1.